The zero-order chi connectivity index (χ0) is 21.9. The van der Waals surface area contributed by atoms with E-state index in [0.29, 0.717) is 22.6 Å². The number of thioether (sulfide) groups is 1. The van der Waals surface area contributed by atoms with Gasteiger partial charge in [-0.1, -0.05) is 43.8 Å². The van der Waals surface area contributed by atoms with Gasteiger partial charge in [-0.25, -0.2) is 14.4 Å². The van der Waals surface area contributed by atoms with E-state index in [-0.39, 0.29) is 8.41 Å². The van der Waals surface area contributed by atoms with Crippen molar-refractivity contribution in [3.8, 4) is 5.95 Å². The van der Waals surface area contributed by atoms with Gasteiger partial charge in [-0.3, -0.25) is 9.89 Å². The van der Waals surface area contributed by atoms with Crippen LogP contribution in [0.15, 0.2) is 65.2 Å². The van der Waals surface area contributed by atoms with Crippen LogP contribution in [0.25, 0.3) is 17.0 Å². The number of fused-ring (bicyclic) bond motifs is 1. The van der Waals surface area contributed by atoms with E-state index in [9.17, 15) is 13.6 Å². The van der Waals surface area contributed by atoms with E-state index in [1.807, 2.05) is 38.1 Å². The highest BCUT2D eigenvalue weighted by Gasteiger charge is 2.10. The van der Waals surface area contributed by atoms with Crippen molar-refractivity contribution in [3.63, 3.8) is 0 Å². The molecule has 0 saturated heterocycles. The molecule has 0 aliphatic carbocycles. The van der Waals surface area contributed by atoms with Crippen LogP contribution >= 0.6 is 11.8 Å². The van der Waals surface area contributed by atoms with Crippen molar-refractivity contribution >= 4 is 22.8 Å². The first-order valence-corrected chi connectivity index (χ1v) is 10.1. The third-order valence-electron chi connectivity index (χ3n) is 3.43. The summed E-state index contributed by atoms with van der Waals surface area (Å²) in [6.07, 6.45) is 2.56. The molecule has 4 aromatic rings. The monoisotopic (exact) mass is 436 g/mol. The minimum Gasteiger partial charge on any atom is -0.322 e. The summed E-state index contributed by atoms with van der Waals surface area (Å²) >= 11 is 1.23. The zero-order valence-electron chi connectivity index (χ0n) is 16.6. The number of nitrogens with zero attached hydrogens (tertiary/aromatic N) is 4. The molecule has 3 heterocycles. The predicted octanol–water partition coefficient (Wildman–Crippen LogP) is 4.92. The van der Waals surface area contributed by atoms with Gasteiger partial charge in [0, 0.05) is 32.6 Å². The number of halogens is 2. The van der Waals surface area contributed by atoms with Crippen molar-refractivity contribution in [3.05, 3.63) is 77.2 Å². The highest BCUT2D eigenvalue weighted by molar-refractivity contribution is 7.98. The molecule has 0 radical (unpaired) electrons. The molecule has 4 rings (SSSR count). The Kier molecular flexibility index (Phi) is 8.95. The van der Waals surface area contributed by atoms with Crippen molar-refractivity contribution in [2.75, 3.05) is 6.67 Å². The van der Waals surface area contributed by atoms with Crippen LogP contribution in [0.2, 0.25) is 0 Å². The molecule has 3 aromatic heterocycles. The van der Waals surface area contributed by atoms with Crippen LogP contribution in [0.4, 0.5) is 8.78 Å². The highest BCUT2D eigenvalue weighted by Crippen LogP contribution is 2.18. The van der Waals surface area contributed by atoms with Crippen LogP contribution in [0, 0.1) is 5.95 Å². The first-order chi connectivity index (χ1) is 14.6. The van der Waals surface area contributed by atoms with Crippen molar-refractivity contribution in [2.45, 2.75) is 24.8 Å². The minimum absolute atomic E-state index is 0. The summed E-state index contributed by atoms with van der Waals surface area (Å²) in [5.41, 5.74) is 2.05. The Labute approximate surface area is 179 Å². The van der Waals surface area contributed by atoms with E-state index in [1.165, 1.54) is 40.8 Å². The molecule has 0 unspecified atom stereocenters. The third kappa shape index (κ3) is 6.11. The molecular formula is C20H26F2N6OS. The van der Waals surface area contributed by atoms with Crippen LogP contribution in [0.5, 0.6) is 0 Å². The van der Waals surface area contributed by atoms with Gasteiger partial charge in [0.15, 0.2) is 5.16 Å². The maximum atomic E-state index is 13.0. The Morgan fingerprint density at radius 1 is 1.27 bits per heavy atom. The van der Waals surface area contributed by atoms with Crippen molar-refractivity contribution in [1.82, 2.24) is 29.7 Å². The first kappa shape index (κ1) is 23.0. The van der Waals surface area contributed by atoms with Crippen LogP contribution in [0.3, 0.4) is 0 Å². The summed E-state index contributed by atoms with van der Waals surface area (Å²) in [6, 6.07) is 10.2. The molecule has 10 heteroatoms. The fourth-order valence-corrected chi connectivity index (χ4v) is 2.97. The number of aromatic nitrogens is 6. The smallest absolute Gasteiger partial charge is 0.274 e. The number of hydrogen-bond acceptors (Lipinski definition) is 5. The molecule has 162 valence electrons. The Hall–Kier alpha value is -3.27. The quantitative estimate of drug-likeness (QED) is 0.200. The molecule has 0 aliphatic rings. The Morgan fingerprint density at radius 2 is 2.00 bits per heavy atom. The van der Waals surface area contributed by atoms with Crippen LogP contribution in [0.1, 0.15) is 22.4 Å². The largest absolute Gasteiger partial charge is 0.322 e. The fraction of sp³-hybridized carbons (Fsp3) is 0.200. The number of H-pyrrole nitrogens is 2. The Balaban J connectivity index is 0.00000109. The number of para-hydroxylation sites is 2. The summed E-state index contributed by atoms with van der Waals surface area (Å²) in [4.78, 5) is 27.3. The van der Waals surface area contributed by atoms with E-state index >= 15 is 0 Å². The number of alkyl halides is 1. The molecule has 2 N–H and O–H groups in total. The first-order valence-electron chi connectivity index (χ1n) is 9.15. The van der Waals surface area contributed by atoms with Gasteiger partial charge in [0.05, 0.1) is 11.0 Å². The molecule has 7 nitrogen and oxygen atoms in total. The average Bonchev–Trinajstić information content (AvgIpc) is 3.37. The summed E-state index contributed by atoms with van der Waals surface area (Å²) < 4.78 is 25.0. The van der Waals surface area contributed by atoms with E-state index in [4.69, 9.17) is 0 Å². The van der Waals surface area contributed by atoms with Crippen LogP contribution in [-0.2, 0) is 5.75 Å². The number of rotatable bonds is 5. The Bertz CT molecular complexity index is 1120. The number of allylic oxidation sites excluding steroid dienone is 1. The summed E-state index contributed by atoms with van der Waals surface area (Å²) in [7, 11) is 0. The van der Waals surface area contributed by atoms with Gasteiger partial charge in [-0.05, 0) is 12.1 Å². The van der Waals surface area contributed by atoms with Gasteiger partial charge in [0.25, 0.3) is 5.56 Å². The second-order valence-electron chi connectivity index (χ2n) is 5.43. The van der Waals surface area contributed by atoms with Gasteiger partial charge < -0.3 is 4.98 Å². The lowest BCUT2D eigenvalue weighted by Crippen LogP contribution is -2.14. The van der Waals surface area contributed by atoms with Crippen molar-refractivity contribution < 1.29 is 11.6 Å². The molecule has 0 saturated carbocycles. The minimum atomic E-state index is -0.583. The molecule has 0 spiro atoms. The van der Waals surface area contributed by atoms with Gasteiger partial charge in [0.2, 0.25) is 11.9 Å². The summed E-state index contributed by atoms with van der Waals surface area (Å²) in [5.74, 6) is 0.242. The van der Waals surface area contributed by atoms with Crippen LogP contribution < -0.4 is 5.56 Å². The molecule has 0 fully saturated rings. The third-order valence-corrected chi connectivity index (χ3v) is 4.34. The number of hydrogen-bond donors (Lipinski definition) is 2. The van der Waals surface area contributed by atoms with Crippen LogP contribution in [-0.4, -0.2) is 36.4 Å². The van der Waals surface area contributed by atoms with E-state index in [1.54, 1.807) is 0 Å². The molecule has 0 bridgehead atoms. The molecule has 0 atom stereocenters. The SMILES string of the molecule is C=CCF.CC.O=c1cc(CSc2nccc(F)n2)[nH]n1-c1nc2ccccc2[nH]1.[HH].[HH]. The highest BCUT2D eigenvalue weighted by atomic mass is 32.2. The molecule has 0 aliphatic heterocycles. The fourth-order valence-electron chi connectivity index (χ4n) is 2.25. The lowest BCUT2D eigenvalue weighted by atomic mass is 10.3. The number of benzene rings is 1. The summed E-state index contributed by atoms with van der Waals surface area (Å²) in [5, 5.41) is 3.30. The lowest BCUT2D eigenvalue weighted by molar-refractivity contribution is 0.562. The molecule has 0 amide bonds. The topological polar surface area (TPSA) is 92.2 Å². The normalized spacial score (nSPS) is 10.0. The molecule has 30 heavy (non-hydrogen) atoms. The van der Waals surface area contributed by atoms with Crippen molar-refractivity contribution in [2.24, 2.45) is 0 Å². The zero-order valence-corrected chi connectivity index (χ0v) is 17.4. The van der Waals surface area contributed by atoms with E-state index in [0.717, 1.165) is 11.0 Å². The number of nitrogens with one attached hydrogen (secondary N) is 2. The predicted molar refractivity (Wildman–Crippen MR) is 119 cm³/mol. The standard InChI is InChI=1S/C15H11FN6OS.C3H5F.C2H6.2H2/c16-12-5-6-17-15(20-12)24-8-9-7-13(23)22(21-9)14-18-10-3-1-2-4-11(10)19-14;1-2-3-4;1-2;;/h1-7,21H,8H2,(H,18,19);2H,1,3H2;1-2H3;2*1H. The second kappa shape index (κ2) is 11.7. The van der Waals surface area contributed by atoms with Gasteiger partial charge in [-0.2, -0.15) is 14.1 Å². The molecular weight excluding hydrogens is 410 g/mol. The summed E-state index contributed by atoms with van der Waals surface area (Å²) in [6.45, 7) is 6.69. The number of aromatic amines is 2. The van der Waals surface area contributed by atoms with E-state index in [2.05, 4.69) is 31.6 Å². The Morgan fingerprint density at radius 3 is 2.67 bits per heavy atom. The maximum Gasteiger partial charge on any atom is 0.274 e. The van der Waals surface area contributed by atoms with Gasteiger partial charge >= 0.3 is 0 Å². The lowest BCUT2D eigenvalue weighted by Gasteiger charge is -1.98. The second-order valence-corrected chi connectivity index (χ2v) is 6.37. The number of imidazole rings is 1. The van der Waals surface area contributed by atoms with E-state index < -0.39 is 12.6 Å². The average molecular weight is 437 g/mol. The van der Waals surface area contributed by atoms with Crippen molar-refractivity contribution in [1.29, 1.82) is 0 Å². The van der Waals surface area contributed by atoms with Gasteiger partial charge in [-0.15, -0.1) is 6.58 Å². The van der Waals surface area contributed by atoms with Gasteiger partial charge in [0.1, 0.15) is 6.67 Å². The molecule has 1 aromatic carbocycles. The maximum absolute atomic E-state index is 13.0.